The summed E-state index contributed by atoms with van der Waals surface area (Å²) >= 11 is 0. The first kappa shape index (κ1) is 18.4. The molecule has 0 radical (unpaired) electrons. The first-order valence-electron chi connectivity index (χ1n) is 9.70. The highest BCUT2D eigenvalue weighted by molar-refractivity contribution is 5.88. The van der Waals surface area contributed by atoms with Gasteiger partial charge in [0.25, 0.3) is 0 Å². The summed E-state index contributed by atoms with van der Waals surface area (Å²) in [6.07, 6.45) is 8.75. The van der Waals surface area contributed by atoms with Crippen molar-refractivity contribution in [3.05, 3.63) is 65.7 Å². The summed E-state index contributed by atoms with van der Waals surface area (Å²) in [5.41, 5.74) is 5.28. The number of allylic oxidation sites excluding steroid dienone is 2. The average molecular weight is 348 g/mol. The van der Waals surface area contributed by atoms with Gasteiger partial charge in [0, 0.05) is 0 Å². The van der Waals surface area contributed by atoms with E-state index in [9.17, 15) is 4.79 Å². The van der Waals surface area contributed by atoms with Gasteiger partial charge in [-0.1, -0.05) is 62.7 Å². The second kappa shape index (κ2) is 8.35. The van der Waals surface area contributed by atoms with Crippen molar-refractivity contribution >= 4 is 11.5 Å². The number of benzene rings is 2. The fourth-order valence-electron chi connectivity index (χ4n) is 3.78. The molecule has 2 aromatic rings. The zero-order valence-corrected chi connectivity index (χ0v) is 15.7. The van der Waals surface area contributed by atoms with Crippen LogP contribution in [0.2, 0.25) is 0 Å². The van der Waals surface area contributed by atoms with Crippen LogP contribution in [0.3, 0.4) is 0 Å². The molecule has 0 saturated heterocycles. The second-order valence-electron chi connectivity index (χ2n) is 7.58. The Morgan fingerprint density at radius 2 is 1.62 bits per heavy atom. The van der Waals surface area contributed by atoms with Crippen molar-refractivity contribution in [1.82, 2.24) is 0 Å². The number of aromatic carboxylic acids is 1. The molecule has 0 saturated carbocycles. The molecule has 0 fully saturated rings. The number of hydrogen-bond acceptors (Lipinski definition) is 1. The maximum absolute atomic E-state index is 11.0. The van der Waals surface area contributed by atoms with Crippen LogP contribution >= 0.6 is 0 Å². The molecule has 1 aliphatic rings. The van der Waals surface area contributed by atoms with Crippen molar-refractivity contribution in [2.75, 3.05) is 0 Å². The first-order valence-corrected chi connectivity index (χ1v) is 9.70. The summed E-state index contributed by atoms with van der Waals surface area (Å²) in [7, 11) is 0. The maximum Gasteiger partial charge on any atom is 0.335 e. The predicted molar refractivity (Wildman–Crippen MR) is 108 cm³/mol. The van der Waals surface area contributed by atoms with Gasteiger partial charge in [-0.2, -0.15) is 0 Å². The molecule has 136 valence electrons. The molecule has 0 spiro atoms. The van der Waals surface area contributed by atoms with Crippen molar-refractivity contribution < 1.29 is 9.90 Å². The normalized spacial score (nSPS) is 18.2. The Bertz CT molecular complexity index is 769. The van der Waals surface area contributed by atoms with Crippen LogP contribution in [0.25, 0.3) is 16.7 Å². The van der Waals surface area contributed by atoms with E-state index in [1.54, 1.807) is 12.1 Å². The standard InChI is InChI=1S/C24H28O2/c1-3-17(2)16-18-4-6-19(7-5-18)20-8-10-21(11-9-20)22-12-14-23(15-13-22)24(25)26/h6,8-15,17-18H,3-5,7,16H2,1-2H3,(H,25,26). The molecular weight excluding hydrogens is 320 g/mol. The molecule has 2 nitrogen and oxygen atoms in total. The molecule has 2 heteroatoms. The van der Waals surface area contributed by atoms with Crippen LogP contribution in [0.15, 0.2) is 54.6 Å². The van der Waals surface area contributed by atoms with Gasteiger partial charge >= 0.3 is 5.97 Å². The van der Waals surface area contributed by atoms with E-state index in [4.69, 9.17) is 5.11 Å². The lowest BCUT2D eigenvalue weighted by atomic mass is 9.81. The Morgan fingerprint density at radius 1 is 1.04 bits per heavy atom. The van der Waals surface area contributed by atoms with Crippen LogP contribution in [0, 0.1) is 11.8 Å². The molecule has 0 heterocycles. The quantitative estimate of drug-likeness (QED) is 0.633. The summed E-state index contributed by atoms with van der Waals surface area (Å²) in [5, 5.41) is 9.00. The molecule has 2 atom stereocenters. The van der Waals surface area contributed by atoms with Gasteiger partial charge in [0.15, 0.2) is 0 Å². The maximum atomic E-state index is 11.0. The summed E-state index contributed by atoms with van der Waals surface area (Å²) in [5.74, 6) is 0.797. The number of carboxylic acid groups (broad SMARTS) is 1. The highest BCUT2D eigenvalue weighted by Crippen LogP contribution is 2.34. The number of carbonyl (C=O) groups is 1. The lowest BCUT2D eigenvalue weighted by molar-refractivity contribution is 0.0697. The second-order valence-corrected chi connectivity index (χ2v) is 7.58. The molecule has 0 aromatic heterocycles. The molecule has 0 amide bonds. The van der Waals surface area contributed by atoms with Gasteiger partial charge in [0.2, 0.25) is 0 Å². The van der Waals surface area contributed by atoms with Crippen molar-refractivity contribution in [3.63, 3.8) is 0 Å². The lowest BCUT2D eigenvalue weighted by Gasteiger charge is -2.24. The van der Waals surface area contributed by atoms with E-state index in [2.05, 4.69) is 44.2 Å². The molecule has 0 aliphatic heterocycles. The fourth-order valence-corrected chi connectivity index (χ4v) is 3.78. The molecule has 3 rings (SSSR count). The molecule has 2 unspecified atom stereocenters. The molecule has 26 heavy (non-hydrogen) atoms. The topological polar surface area (TPSA) is 37.3 Å². The van der Waals surface area contributed by atoms with Gasteiger partial charge in [-0.3, -0.25) is 0 Å². The highest BCUT2D eigenvalue weighted by atomic mass is 16.4. The van der Waals surface area contributed by atoms with Crippen LogP contribution in [-0.2, 0) is 0 Å². The van der Waals surface area contributed by atoms with Gasteiger partial charge in [0.05, 0.1) is 5.56 Å². The Hall–Kier alpha value is -2.35. The molecular formula is C24H28O2. The van der Waals surface area contributed by atoms with E-state index < -0.39 is 5.97 Å². The summed E-state index contributed by atoms with van der Waals surface area (Å²) in [4.78, 5) is 11.0. The summed E-state index contributed by atoms with van der Waals surface area (Å²) in [6.45, 7) is 4.65. The Morgan fingerprint density at radius 3 is 2.12 bits per heavy atom. The minimum Gasteiger partial charge on any atom is -0.478 e. The Labute approximate surface area is 156 Å². The van der Waals surface area contributed by atoms with Crippen LogP contribution in [0.1, 0.15) is 61.9 Å². The van der Waals surface area contributed by atoms with E-state index in [0.29, 0.717) is 5.56 Å². The number of carboxylic acids is 1. The summed E-state index contributed by atoms with van der Waals surface area (Å²) in [6, 6.07) is 15.7. The zero-order chi connectivity index (χ0) is 18.5. The third-order valence-electron chi connectivity index (χ3n) is 5.67. The van der Waals surface area contributed by atoms with Gasteiger partial charge in [-0.05, 0) is 71.9 Å². The smallest absolute Gasteiger partial charge is 0.335 e. The minimum atomic E-state index is -0.886. The van der Waals surface area contributed by atoms with Crippen LogP contribution in [0.5, 0.6) is 0 Å². The Balaban J connectivity index is 1.67. The van der Waals surface area contributed by atoms with E-state index >= 15 is 0 Å². The monoisotopic (exact) mass is 348 g/mol. The van der Waals surface area contributed by atoms with Gasteiger partial charge < -0.3 is 5.11 Å². The SMILES string of the molecule is CCC(C)CC1CC=C(c2ccc(-c3ccc(C(=O)O)cc3)cc2)CC1. The van der Waals surface area contributed by atoms with Crippen molar-refractivity contribution in [1.29, 1.82) is 0 Å². The van der Waals surface area contributed by atoms with E-state index in [1.807, 2.05) is 12.1 Å². The van der Waals surface area contributed by atoms with Crippen LogP contribution in [-0.4, -0.2) is 11.1 Å². The third-order valence-corrected chi connectivity index (χ3v) is 5.67. The number of hydrogen-bond donors (Lipinski definition) is 1. The first-order chi connectivity index (χ1) is 12.6. The van der Waals surface area contributed by atoms with Gasteiger partial charge in [-0.15, -0.1) is 0 Å². The van der Waals surface area contributed by atoms with Crippen LogP contribution in [0.4, 0.5) is 0 Å². The predicted octanol–water partition coefficient (Wildman–Crippen LogP) is 6.67. The largest absolute Gasteiger partial charge is 0.478 e. The molecule has 1 N–H and O–H groups in total. The molecule has 2 aromatic carbocycles. The van der Waals surface area contributed by atoms with E-state index in [-0.39, 0.29) is 0 Å². The average Bonchev–Trinajstić information content (AvgIpc) is 2.68. The Kier molecular flexibility index (Phi) is 5.92. The van der Waals surface area contributed by atoms with E-state index in [0.717, 1.165) is 23.0 Å². The number of rotatable bonds is 6. The van der Waals surface area contributed by atoms with Gasteiger partial charge in [0.1, 0.15) is 0 Å². The van der Waals surface area contributed by atoms with Gasteiger partial charge in [-0.25, -0.2) is 4.79 Å². The van der Waals surface area contributed by atoms with Crippen molar-refractivity contribution in [3.8, 4) is 11.1 Å². The minimum absolute atomic E-state index is 0.324. The van der Waals surface area contributed by atoms with Crippen molar-refractivity contribution in [2.24, 2.45) is 11.8 Å². The summed E-state index contributed by atoms with van der Waals surface area (Å²) < 4.78 is 0. The highest BCUT2D eigenvalue weighted by Gasteiger charge is 2.17. The third kappa shape index (κ3) is 4.43. The fraction of sp³-hybridized carbons (Fsp3) is 0.375. The zero-order valence-electron chi connectivity index (χ0n) is 15.7. The van der Waals surface area contributed by atoms with Crippen LogP contribution < -0.4 is 0 Å². The lowest BCUT2D eigenvalue weighted by Crippen LogP contribution is -2.09. The van der Waals surface area contributed by atoms with Crippen molar-refractivity contribution in [2.45, 2.75) is 46.0 Å². The molecule has 0 bridgehead atoms. The molecule has 1 aliphatic carbocycles. The van der Waals surface area contributed by atoms with E-state index in [1.165, 1.54) is 43.2 Å².